The van der Waals surface area contributed by atoms with Crippen LogP contribution in [0.25, 0.3) is 0 Å². The Balaban J connectivity index is 1.94. The lowest BCUT2D eigenvalue weighted by Gasteiger charge is -2.09. The normalized spacial score (nSPS) is 11.6. The van der Waals surface area contributed by atoms with Gasteiger partial charge in [0.1, 0.15) is 0 Å². The molecule has 0 atom stereocenters. The van der Waals surface area contributed by atoms with Crippen LogP contribution in [0.15, 0.2) is 42.5 Å². The first-order valence-corrected chi connectivity index (χ1v) is 6.24. The minimum Gasteiger partial charge on any atom is -0.307 e. The maximum atomic E-state index is 12.6. The molecular weight excluding hydrogens is 265 g/mol. The van der Waals surface area contributed by atoms with E-state index in [9.17, 15) is 13.2 Å². The Hall–Kier alpha value is -1.88. The Labute approximate surface area is 115 Å². The SMILES string of the molecule is Cc1cccc(CNCc2cccc(C(F)(F)F)c2)n1. The molecule has 0 radical (unpaired) electrons. The molecule has 0 aliphatic rings. The highest BCUT2D eigenvalue weighted by molar-refractivity contribution is 5.25. The largest absolute Gasteiger partial charge is 0.416 e. The van der Waals surface area contributed by atoms with Crippen LogP contribution >= 0.6 is 0 Å². The molecule has 0 fully saturated rings. The third-order valence-electron chi connectivity index (χ3n) is 2.84. The highest BCUT2D eigenvalue weighted by atomic mass is 19.4. The number of nitrogens with zero attached hydrogens (tertiary/aromatic N) is 1. The van der Waals surface area contributed by atoms with Crippen molar-refractivity contribution in [3.63, 3.8) is 0 Å². The van der Waals surface area contributed by atoms with E-state index in [4.69, 9.17) is 0 Å². The summed E-state index contributed by atoms with van der Waals surface area (Å²) in [6.45, 7) is 2.80. The summed E-state index contributed by atoms with van der Waals surface area (Å²) in [6.07, 6.45) is -4.30. The summed E-state index contributed by atoms with van der Waals surface area (Å²) < 4.78 is 37.7. The Kier molecular flexibility index (Phi) is 4.39. The van der Waals surface area contributed by atoms with Crippen LogP contribution in [0.2, 0.25) is 0 Å². The Bertz CT molecular complexity index is 579. The monoisotopic (exact) mass is 280 g/mol. The summed E-state index contributed by atoms with van der Waals surface area (Å²) in [7, 11) is 0. The standard InChI is InChI=1S/C15H15F3N2/c1-11-4-2-7-14(20-11)10-19-9-12-5-3-6-13(8-12)15(16,17)18/h2-8,19H,9-10H2,1H3. The zero-order valence-corrected chi connectivity index (χ0v) is 11.0. The van der Waals surface area contributed by atoms with Crippen molar-refractivity contribution < 1.29 is 13.2 Å². The number of hydrogen-bond donors (Lipinski definition) is 1. The average Bonchev–Trinajstić information content (AvgIpc) is 2.38. The maximum Gasteiger partial charge on any atom is 0.416 e. The van der Waals surface area contributed by atoms with Crippen molar-refractivity contribution in [2.24, 2.45) is 0 Å². The van der Waals surface area contributed by atoms with E-state index in [1.807, 2.05) is 25.1 Å². The van der Waals surface area contributed by atoms with Crippen LogP contribution in [-0.4, -0.2) is 4.98 Å². The van der Waals surface area contributed by atoms with Gasteiger partial charge in [-0.25, -0.2) is 0 Å². The minimum atomic E-state index is -4.30. The first-order valence-electron chi connectivity index (χ1n) is 6.24. The van der Waals surface area contributed by atoms with Gasteiger partial charge in [0.2, 0.25) is 0 Å². The van der Waals surface area contributed by atoms with Gasteiger partial charge in [0, 0.05) is 18.8 Å². The van der Waals surface area contributed by atoms with Gasteiger partial charge in [-0.2, -0.15) is 13.2 Å². The van der Waals surface area contributed by atoms with Crippen LogP contribution in [0, 0.1) is 6.92 Å². The van der Waals surface area contributed by atoms with Crippen LogP contribution in [0.1, 0.15) is 22.5 Å². The maximum absolute atomic E-state index is 12.6. The van der Waals surface area contributed by atoms with Crippen molar-refractivity contribution in [3.8, 4) is 0 Å². The molecule has 0 aliphatic heterocycles. The molecule has 20 heavy (non-hydrogen) atoms. The number of halogens is 3. The van der Waals surface area contributed by atoms with E-state index in [-0.39, 0.29) is 0 Å². The van der Waals surface area contributed by atoms with Gasteiger partial charge < -0.3 is 5.32 Å². The number of aryl methyl sites for hydroxylation is 1. The van der Waals surface area contributed by atoms with Crippen molar-refractivity contribution in [2.45, 2.75) is 26.2 Å². The van der Waals surface area contributed by atoms with Crippen LogP contribution in [0.4, 0.5) is 13.2 Å². The van der Waals surface area contributed by atoms with Crippen molar-refractivity contribution in [2.75, 3.05) is 0 Å². The smallest absolute Gasteiger partial charge is 0.307 e. The summed E-state index contributed by atoms with van der Waals surface area (Å²) in [5.74, 6) is 0. The van der Waals surface area contributed by atoms with Crippen LogP contribution in [0.3, 0.4) is 0 Å². The third-order valence-corrected chi connectivity index (χ3v) is 2.84. The lowest BCUT2D eigenvalue weighted by atomic mass is 10.1. The molecule has 2 rings (SSSR count). The molecular formula is C15H15F3N2. The summed E-state index contributed by atoms with van der Waals surface area (Å²) >= 11 is 0. The van der Waals surface area contributed by atoms with Gasteiger partial charge >= 0.3 is 6.18 Å². The fraction of sp³-hybridized carbons (Fsp3) is 0.267. The first kappa shape index (κ1) is 14.5. The molecule has 0 bridgehead atoms. The predicted octanol–water partition coefficient (Wildman–Crippen LogP) is 3.70. The molecule has 0 spiro atoms. The summed E-state index contributed by atoms with van der Waals surface area (Å²) in [6, 6.07) is 11.0. The van der Waals surface area contributed by atoms with E-state index in [0.717, 1.165) is 23.5 Å². The van der Waals surface area contributed by atoms with Crippen molar-refractivity contribution >= 4 is 0 Å². The van der Waals surface area contributed by atoms with E-state index in [0.29, 0.717) is 18.7 Å². The second-order valence-electron chi connectivity index (χ2n) is 4.57. The lowest BCUT2D eigenvalue weighted by molar-refractivity contribution is -0.137. The first-order chi connectivity index (χ1) is 9.45. The molecule has 106 valence electrons. The van der Waals surface area contributed by atoms with Crippen LogP contribution < -0.4 is 5.32 Å². The van der Waals surface area contributed by atoms with Gasteiger partial charge in [0.15, 0.2) is 0 Å². The molecule has 1 heterocycles. The minimum absolute atomic E-state index is 0.375. The predicted molar refractivity (Wildman–Crippen MR) is 71.0 cm³/mol. The molecule has 1 N–H and O–H groups in total. The molecule has 1 aromatic heterocycles. The molecule has 0 aliphatic carbocycles. The average molecular weight is 280 g/mol. The number of alkyl halides is 3. The number of pyridine rings is 1. The number of benzene rings is 1. The molecule has 2 nitrogen and oxygen atoms in total. The van der Waals surface area contributed by atoms with Gasteiger partial charge in [-0.3, -0.25) is 4.98 Å². The summed E-state index contributed by atoms with van der Waals surface area (Å²) in [4.78, 5) is 4.32. The summed E-state index contributed by atoms with van der Waals surface area (Å²) in [5, 5.41) is 3.09. The quantitative estimate of drug-likeness (QED) is 0.923. The molecule has 0 unspecified atom stereocenters. The number of rotatable bonds is 4. The molecule has 0 amide bonds. The van der Waals surface area contributed by atoms with Gasteiger partial charge in [-0.15, -0.1) is 0 Å². The zero-order valence-electron chi connectivity index (χ0n) is 11.0. The molecule has 0 saturated carbocycles. The third kappa shape index (κ3) is 4.06. The molecule has 5 heteroatoms. The van der Waals surface area contributed by atoms with Crippen molar-refractivity contribution in [3.05, 3.63) is 65.0 Å². The van der Waals surface area contributed by atoms with Crippen molar-refractivity contribution in [1.82, 2.24) is 10.3 Å². The second kappa shape index (κ2) is 6.05. The van der Waals surface area contributed by atoms with Crippen molar-refractivity contribution in [1.29, 1.82) is 0 Å². The van der Waals surface area contributed by atoms with E-state index in [2.05, 4.69) is 10.3 Å². The van der Waals surface area contributed by atoms with E-state index in [1.54, 1.807) is 6.07 Å². The second-order valence-corrected chi connectivity index (χ2v) is 4.57. The van der Waals surface area contributed by atoms with E-state index in [1.165, 1.54) is 6.07 Å². The number of aromatic nitrogens is 1. The lowest BCUT2D eigenvalue weighted by Crippen LogP contribution is -2.14. The van der Waals surface area contributed by atoms with E-state index >= 15 is 0 Å². The molecule has 0 saturated heterocycles. The van der Waals surface area contributed by atoms with Gasteiger partial charge in [0.25, 0.3) is 0 Å². The zero-order chi connectivity index (χ0) is 14.6. The number of hydrogen-bond acceptors (Lipinski definition) is 2. The highest BCUT2D eigenvalue weighted by Gasteiger charge is 2.30. The fourth-order valence-electron chi connectivity index (χ4n) is 1.89. The Morgan fingerprint density at radius 2 is 1.80 bits per heavy atom. The Morgan fingerprint density at radius 1 is 1.05 bits per heavy atom. The Morgan fingerprint density at radius 3 is 2.50 bits per heavy atom. The van der Waals surface area contributed by atoms with Gasteiger partial charge in [-0.1, -0.05) is 24.3 Å². The number of nitrogens with one attached hydrogen (secondary N) is 1. The van der Waals surface area contributed by atoms with Gasteiger partial charge in [-0.05, 0) is 30.7 Å². The highest BCUT2D eigenvalue weighted by Crippen LogP contribution is 2.29. The fourth-order valence-corrected chi connectivity index (χ4v) is 1.89. The topological polar surface area (TPSA) is 24.9 Å². The van der Waals surface area contributed by atoms with Crippen LogP contribution in [-0.2, 0) is 19.3 Å². The molecule has 1 aromatic carbocycles. The van der Waals surface area contributed by atoms with Gasteiger partial charge in [0.05, 0.1) is 11.3 Å². The van der Waals surface area contributed by atoms with E-state index < -0.39 is 11.7 Å². The molecule has 2 aromatic rings. The van der Waals surface area contributed by atoms with Crippen LogP contribution in [0.5, 0.6) is 0 Å². The summed E-state index contributed by atoms with van der Waals surface area (Å²) in [5.41, 5.74) is 1.78.